The third-order valence-electron chi connectivity index (χ3n) is 0.342. The van der Waals surface area contributed by atoms with Crippen molar-refractivity contribution < 1.29 is 25.9 Å². The minimum Gasteiger partial charge on any atom is -0.529 e. The van der Waals surface area contributed by atoms with Crippen LogP contribution >= 0.6 is 0 Å². The van der Waals surface area contributed by atoms with Gasteiger partial charge in [-0.15, -0.1) is 0 Å². The van der Waals surface area contributed by atoms with Crippen molar-refractivity contribution in [3.05, 3.63) is 0 Å². The zero-order valence-electron chi connectivity index (χ0n) is 3.81. The summed E-state index contributed by atoms with van der Waals surface area (Å²) in [6, 6.07) is 0. The topological polar surface area (TPSA) is 55.1 Å². The molecule has 0 rings (SSSR count). The summed E-state index contributed by atoms with van der Waals surface area (Å²) in [4.78, 5) is 9.27. The van der Waals surface area contributed by atoms with Gasteiger partial charge in [0.2, 0.25) is 0 Å². The van der Waals surface area contributed by atoms with Gasteiger partial charge in [0.05, 0.1) is 0 Å². The second-order valence-electron chi connectivity index (χ2n) is 0.818. The van der Waals surface area contributed by atoms with Crippen LogP contribution in [0.25, 0.3) is 0 Å². The summed E-state index contributed by atoms with van der Waals surface area (Å²) < 4.78 is 0. The van der Waals surface area contributed by atoms with Crippen LogP contribution in [-0.2, 0) is 25.9 Å². The quantitative estimate of drug-likeness (QED) is 0.377. The molecule has 0 aliphatic carbocycles. The molecule has 0 spiro atoms. The number of carbonyl (C=O) groups excluding carboxylic acids is 1. The van der Waals surface area contributed by atoms with E-state index in [9.17, 15) is 4.79 Å². The molecule has 0 bridgehead atoms. The Morgan fingerprint density at radius 1 is 1.71 bits per heavy atom. The molecule has 3 nitrogen and oxygen atoms in total. The van der Waals surface area contributed by atoms with Crippen molar-refractivity contribution in [3.8, 4) is 0 Å². The molecule has 0 saturated heterocycles. The first kappa shape index (κ1) is 10.2. The second-order valence-corrected chi connectivity index (χ2v) is 0.818. The summed E-state index contributed by atoms with van der Waals surface area (Å²) in [5, 5.41) is 2.27. The zero-order valence-corrected chi connectivity index (χ0v) is 6.74. The van der Waals surface area contributed by atoms with Crippen LogP contribution in [0.1, 0.15) is 0 Å². The van der Waals surface area contributed by atoms with Crippen molar-refractivity contribution in [2.24, 2.45) is 5.73 Å². The molecule has 0 radical (unpaired) electrons. The summed E-state index contributed by atoms with van der Waals surface area (Å²) in [6.07, 6.45) is 1.49. The number of amides is 1. The van der Waals surface area contributed by atoms with Gasteiger partial charge in [-0.2, -0.15) is 6.41 Å². The van der Waals surface area contributed by atoms with Gasteiger partial charge >= 0.3 is 21.1 Å². The molecule has 0 fully saturated rings. The number of rotatable bonds is 3. The second kappa shape index (κ2) is 9.45. The standard InChI is InChI=1S/C3H7N2O.W/c4-1-2-5-3-6;/h1-2,4H2,(H,5,6);/q-1;+2. The predicted molar refractivity (Wildman–Crippen MR) is 22.8 cm³/mol. The van der Waals surface area contributed by atoms with Gasteiger partial charge in [0.25, 0.3) is 0 Å². The van der Waals surface area contributed by atoms with Crippen molar-refractivity contribution in [3.63, 3.8) is 0 Å². The Labute approximate surface area is 56.9 Å². The monoisotopic (exact) mass is 271 g/mol. The van der Waals surface area contributed by atoms with E-state index in [-0.39, 0.29) is 21.1 Å². The van der Waals surface area contributed by atoms with E-state index in [1.165, 1.54) is 6.41 Å². The average molecular weight is 271 g/mol. The van der Waals surface area contributed by atoms with Crippen molar-refractivity contribution in [1.82, 2.24) is 5.32 Å². The van der Waals surface area contributed by atoms with Crippen molar-refractivity contribution in [2.75, 3.05) is 13.1 Å². The Balaban J connectivity index is 0. The molecule has 0 aromatic rings. The molecule has 3 N–H and O–H groups in total. The van der Waals surface area contributed by atoms with E-state index in [4.69, 9.17) is 5.73 Å². The first-order chi connectivity index (χ1) is 2.91. The summed E-state index contributed by atoms with van der Waals surface area (Å²) >= 11 is 0. The van der Waals surface area contributed by atoms with Crippen LogP contribution in [0, 0.1) is 0 Å². The van der Waals surface area contributed by atoms with Gasteiger partial charge < -0.3 is 15.8 Å². The Kier molecular flexibility index (Phi) is 13.7. The summed E-state index contributed by atoms with van der Waals surface area (Å²) in [7, 11) is 0. The van der Waals surface area contributed by atoms with Crippen LogP contribution < -0.4 is 11.1 Å². The van der Waals surface area contributed by atoms with E-state index >= 15 is 0 Å². The fourth-order valence-electron chi connectivity index (χ4n) is 0.123. The number of nitrogens with two attached hydrogens (primary N) is 1. The molecule has 1 amide bonds. The third kappa shape index (κ3) is 10.7. The first-order valence-corrected chi connectivity index (χ1v) is 1.72. The van der Waals surface area contributed by atoms with Gasteiger partial charge in [-0.1, -0.05) is 0 Å². The van der Waals surface area contributed by atoms with Crippen LogP contribution in [-0.4, -0.2) is 19.5 Å². The molecule has 0 heterocycles. The SMILES string of the molecule is NCCN[C-]=O.[W+2]. The van der Waals surface area contributed by atoms with Gasteiger partial charge in [-0.05, 0) is 6.54 Å². The Hall–Kier alpha value is 0.118. The molecule has 0 atom stereocenters. The molecular formula is C3H7N2OW+. The molecule has 0 saturated carbocycles. The third-order valence-corrected chi connectivity index (χ3v) is 0.342. The summed E-state index contributed by atoms with van der Waals surface area (Å²) in [5.41, 5.74) is 4.97. The van der Waals surface area contributed by atoms with E-state index in [0.717, 1.165) is 0 Å². The minimum absolute atomic E-state index is 0. The summed E-state index contributed by atoms with van der Waals surface area (Å²) in [5.74, 6) is 0. The molecule has 40 valence electrons. The molecule has 0 aromatic carbocycles. The summed E-state index contributed by atoms with van der Waals surface area (Å²) in [6.45, 7) is 0.999. The van der Waals surface area contributed by atoms with E-state index in [0.29, 0.717) is 13.1 Å². The van der Waals surface area contributed by atoms with Crippen LogP contribution in [0.3, 0.4) is 0 Å². The largest absolute Gasteiger partial charge is 2.00 e. The molecule has 0 unspecified atom stereocenters. The van der Waals surface area contributed by atoms with E-state index < -0.39 is 0 Å². The molecular weight excluding hydrogens is 264 g/mol. The predicted octanol–water partition coefficient (Wildman–Crippen LogP) is -1.40. The maximum atomic E-state index is 9.27. The van der Waals surface area contributed by atoms with Crippen molar-refractivity contribution in [2.45, 2.75) is 0 Å². The fourth-order valence-corrected chi connectivity index (χ4v) is 0.123. The van der Waals surface area contributed by atoms with Gasteiger partial charge in [0.15, 0.2) is 0 Å². The van der Waals surface area contributed by atoms with Crippen LogP contribution in [0.2, 0.25) is 0 Å². The molecule has 0 aliphatic heterocycles. The maximum absolute atomic E-state index is 9.27. The van der Waals surface area contributed by atoms with Gasteiger partial charge in [0, 0.05) is 6.54 Å². The van der Waals surface area contributed by atoms with Crippen LogP contribution in [0.5, 0.6) is 0 Å². The zero-order chi connectivity index (χ0) is 4.83. The molecule has 4 heteroatoms. The van der Waals surface area contributed by atoms with E-state index in [2.05, 4.69) is 5.32 Å². The molecule has 0 aromatic heterocycles. The van der Waals surface area contributed by atoms with Crippen molar-refractivity contribution >= 4 is 6.41 Å². The Morgan fingerprint density at radius 3 is 2.43 bits per heavy atom. The average Bonchev–Trinajstić information content (AvgIpc) is 1.61. The first-order valence-electron chi connectivity index (χ1n) is 1.72. The Morgan fingerprint density at radius 2 is 2.29 bits per heavy atom. The normalized spacial score (nSPS) is 6.43. The van der Waals surface area contributed by atoms with Gasteiger partial charge in [-0.25, -0.2) is 0 Å². The van der Waals surface area contributed by atoms with E-state index in [1.807, 2.05) is 0 Å². The van der Waals surface area contributed by atoms with Gasteiger partial charge in [0.1, 0.15) is 0 Å². The number of hydrogen-bond donors (Lipinski definition) is 2. The van der Waals surface area contributed by atoms with Crippen LogP contribution in [0.4, 0.5) is 0 Å². The van der Waals surface area contributed by atoms with Gasteiger partial charge in [-0.3, -0.25) is 0 Å². The smallest absolute Gasteiger partial charge is 0.529 e. The fraction of sp³-hybridized carbons (Fsp3) is 0.667. The number of hydrogen-bond acceptors (Lipinski definition) is 2. The maximum Gasteiger partial charge on any atom is 2.00 e. The van der Waals surface area contributed by atoms with Crippen molar-refractivity contribution in [1.29, 1.82) is 0 Å². The van der Waals surface area contributed by atoms with E-state index in [1.54, 1.807) is 0 Å². The minimum atomic E-state index is 0. The molecule has 7 heavy (non-hydrogen) atoms. The number of nitrogens with one attached hydrogen (secondary N) is 1. The van der Waals surface area contributed by atoms with Crippen LogP contribution in [0.15, 0.2) is 0 Å². The Bertz CT molecular complexity index is 41.9. The molecule has 0 aliphatic rings.